The molecule has 1 atom stereocenters. The number of benzene rings is 2. The third-order valence-electron chi connectivity index (χ3n) is 10.6. The maximum atomic E-state index is 2.96. The molecule has 0 N–H and O–H groups in total. The Labute approximate surface area is 304 Å². The third-order valence-corrected chi connectivity index (χ3v) is 49.9. The minimum atomic E-state index is -1.64. The summed E-state index contributed by atoms with van der Waals surface area (Å²) in [5, 5.41) is 6.08. The van der Waals surface area contributed by atoms with Gasteiger partial charge in [0, 0.05) is 56.0 Å². The Bertz CT molecular complexity index is 1290. The molecule has 2 aromatic carbocycles. The minimum Gasteiger partial charge on any atom is -0.0711 e. The van der Waals surface area contributed by atoms with E-state index in [2.05, 4.69) is 183 Å². The Morgan fingerprint density at radius 1 is 0.383 bits per heavy atom. The quantitative estimate of drug-likeness (QED) is 0.189. The second-order valence-corrected chi connectivity index (χ2v) is 70.5. The van der Waals surface area contributed by atoms with Gasteiger partial charge >= 0.3 is 0 Å². The lowest BCUT2D eigenvalue weighted by Crippen LogP contribution is -2.65. The van der Waals surface area contributed by atoms with E-state index in [1.807, 2.05) is 21.5 Å². The molecule has 0 nitrogen and oxygen atoms in total. The van der Waals surface area contributed by atoms with E-state index in [4.69, 9.17) is 0 Å². The SMILES string of the molecule is Cc1cc(C)c([Si@H](c2c(C([Si](C)(C)C)[Si](C)(C)C)cc(C([Si](C)(C)C)[Si](C)(C)C)cc2C([Si](C)(C)C)[Si](C)(C)C)[Si](C)(C)C)c(C)c1. The fraction of sp³-hybridized carbons (Fsp3) is 0.692. The smallest absolute Gasteiger partial charge is 0.0711 e. The van der Waals surface area contributed by atoms with E-state index >= 15 is 0 Å². The second-order valence-electron chi connectivity index (χ2n) is 23.2. The van der Waals surface area contributed by atoms with E-state index < -0.39 is 64.3 Å². The zero-order valence-electron chi connectivity index (χ0n) is 36.1. The van der Waals surface area contributed by atoms with Gasteiger partial charge in [-0.3, -0.25) is 0 Å². The van der Waals surface area contributed by atoms with Gasteiger partial charge in [-0.15, -0.1) is 0 Å². The molecule has 0 aromatic heterocycles. The molecule has 0 aliphatic heterocycles. The van der Waals surface area contributed by atoms with Crippen LogP contribution in [-0.4, -0.2) is 64.3 Å². The van der Waals surface area contributed by atoms with Crippen LogP contribution in [0.4, 0.5) is 0 Å². The molecule has 0 unspecified atom stereocenters. The highest BCUT2D eigenvalue weighted by Gasteiger charge is 2.49. The van der Waals surface area contributed by atoms with Crippen molar-refractivity contribution >= 4 is 74.7 Å². The molecule has 0 saturated carbocycles. The van der Waals surface area contributed by atoms with Gasteiger partial charge in [-0.25, -0.2) is 0 Å². The van der Waals surface area contributed by atoms with Crippen molar-refractivity contribution in [3.05, 3.63) is 57.6 Å². The molecule has 0 radical (unpaired) electrons. The van der Waals surface area contributed by atoms with E-state index in [0.29, 0.717) is 0 Å². The Morgan fingerprint density at radius 3 is 0.894 bits per heavy atom. The number of aryl methyl sites for hydroxylation is 3. The van der Waals surface area contributed by atoms with Crippen LogP contribution in [0.25, 0.3) is 0 Å². The lowest BCUT2D eigenvalue weighted by molar-refractivity contribution is 1.10. The van der Waals surface area contributed by atoms with Crippen molar-refractivity contribution in [1.82, 2.24) is 0 Å². The summed E-state index contributed by atoms with van der Waals surface area (Å²) in [7, 11) is -12.6. The topological polar surface area (TPSA) is 0 Å². The highest BCUT2D eigenvalue weighted by Crippen LogP contribution is 2.44. The molecule has 2 rings (SSSR count). The lowest BCUT2D eigenvalue weighted by atomic mass is 10.1. The molecule has 0 heterocycles. The molecule has 47 heavy (non-hydrogen) atoms. The Kier molecular flexibility index (Phi) is 12.9. The summed E-state index contributed by atoms with van der Waals surface area (Å²) >= 11 is 0. The standard InChI is InChI=1S/C39H80Si8/c1-29-25-30(2)35(31(3)26-29)40(47(22,23)24)36-33(38(43(10,11)12)44(13,14)15)27-32(37(41(4,5)6)42(7,8)9)28-34(36)39(45(16,17)18)46(19,20)21/h25-28,37-40H,1-24H3/t40-/m1/s1. The van der Waals surface area contributed by atoms with Crippen molar-refractivity contribution in [1.29, 1.82) is 0 Å². The summed E-state index contributed by atoms with van der Waals surface area (Å²) in [5.74, 6) is 0. The van der Waals surface area contributed by atoms with E-state index in [0.717, 1.165) is 15.5 Å². The van der Waals surface area contributed by atoms with E-state index in [1.54, 1.807) is 16.7 Å². The van der Waals surface area contributed by atoms with E-state index in [-0.39, 0.29) is 0 Å². The monoisotopic (exact) mass is 772 g/mol. The van der Waals surface area contributed by atoms with Gasteiger partial charge < -0.3 is 0 Å². The van der Waals surface area contributed by atoms with Gasteiger partial charge in [-0.05, 0) is 41.8 Å². The van der Waals surface area contributed by atoms with Gasteiger partial charge in [-0.1, -0.05) is 200 Å². The molecule has 0 bridgehead atoms. The predicted molar refractivity (Wildman–Crippen MR) is 245 cm³/mol. The molecular formula is C39H80Si8. The number of hydrogen-bond acceptors (Lipinski definition) is 0. The molecule has 2 aromatic rings. The molecule has 0 amide bonds. The van der Waals surface area contributed by atoms with Crippen LogP contribution in [-0.2, 0) is 0 Å². The molecule has 0 aliphatic rings. The van der Waals surface area contributed by atoms with Gasteiger partial charge in [-0.2, -0.15) is 0 Å². The highest BCUT2D eigenvalue weighted by molar-refractivity contribution is 7.41. The average molecular weight is 774 g/mol. The minimum absolute atomic E-state index is 0.758. The lowest BCUT2D eigenvalue weighted by Gasteiger charge is -2.48. The van der Waals surface area contributed by atoms with Crippen molar-refractivity contribution in [3.8, 4) is 0 Å². The van der Waals surface area contributed by atoms with Crippen LogP contribution in [0.2, 0.25) is 137 Å². The normalized spacial score (nSPS) is 15.3. The van der Waals surface area contributed by atoms with Gasteiger partial charge in [0.1, 0.15) is 0 Å². The van der Waals surface area contributed by atoms with Crippen molar-refractivity contribution in [2.24, 2.45) is 0 Å². The van der Waals surface area contributed by atoms with Gasteiger partial charge in [0.2, 0.25) is 0 Å². The summed E-state index contributed by atoms with van der Waals surface area (Å²) in [5.41, 5.74) is 10.2. The summed E-state index contributed by atoms with van der Waals surface area (Å²) < 4.78 is 0. The predicted octanol–water partition coefficient (Wildman–Crippen LogP) is 11.9. The van der Waals surface area contributed by atoms with E-state index in [1.165, 1.54) is 5.56 Å². The molecule has 268 valence electrons. The zero-order chi connectivity index (χ0) is 37.3. The van der Waals surface area contributed by atoms with Crippen molar-refractivity contribution in [3.63, 3.8) is 0 Å². The van der Waals surface area contributed by atoms with Crippen LogP contribution in [0, 0.1) is 20.8 Å². The van der Waals surface area contributed by atoms with Crippen molar-refractivity contribution < 1.29 is 0 Å². The maximum absolute atomic E-state index is 2.96. The Balaban J connectivity index is 3.62. The van der Waals surface area contributed by atoms with Crippen LogP contribution in [0.5, 0.6) is 0 Å². The van der Waals surface area contributed by atoms with Gasteiger partial charge in [0.15, 0.2) is 0 Å². The Hall–Kier alpha value is 0.175. The van der Waals surface area contributed by atoms with E-state index in [9.17, 15) is 0 Å². The van der Waals surface area contributed by atoms with Crippen LogP contribution in [0.15, 0.2) is 24.3 Å². The fourth-order valence-electron chi connectivity index (χ4n) is 11.1. The fourth-order valence-corrected chi connectivity index (χ4v) is 61.8. The maximum Gasteiger partial charge on any atom is 0.0970 e. The van der Waals surface area contributed by atoms with Crippen LogP contribution < -0.4 is 10.4 Å². The first-order valence-corrected chi connectivity index (χ1v) is 46.7. The first-order valence-electron chi connectivity index (χ1n) is 18.8. The molecule has 0 fully saturated rings. The van der Waals surface area contributed by atoms with Crippen LogP contribution in [0.3, 0.4) is 0 Å². The van der Waals surface area contributed by atoms with Gasteiger partial charge in [0.05, 0.1) is 8.31 Å². The Morgan fingerprint density at radius 2 is 0.660 bits per heavy atom. The van der Waals surface area contributed by atoms with Crippen molar-refractivity contribution in [2.45, 2.75) is 174 Å². The largest absolute Gasteiger partial charge is 0.0970 e. The van der Waals surface area contributed by atoms with Crippen molar-refractivity contribution in [2.75, 3.05) is 0 Å². The first-order chi connectivity index (χ1) is 20.5. The van der Waals surface area contributed by atoms with Crippen LogP contribution >= 0.6 is 0 Å². The zero-order valence-corrected chi connectivity index (χ0v) is 44.3. The summed E-state index contributed by atoms with van der Waals surface area (Å²) in [4.78, 5) is 0. The molecule has 0 spiro atoms. The number of hydrogen-bond donors (Lipinski definition) is 0. The third kappa shape index (κ3) is 10.2. The highest BCUT2D eigenvalue weighted by atomic mass is 29.2. The molecule has 0 saturated heterocycles. The first kappa shape index (κ1) is 43.3. The number of rotatable bonds is 12. The molecular weight excluding hydrogens is 693 g/mol. The second kappa shape index (κ2) is 14.0. The van der Waals surface area contributed by atoms with Gasteiger partial charge in [0.25, 0.3) is 0 Å². The summed E-state index contributed by atoms with van der Waals surface area (Å²) in [6.07, 6.45) is 0. The summed E-state index contributed by atoms with van der Waals surface area (Å²) in [6.45, 7) is 64.3. The molecule has 8 heteroatoms. The van der Waals surface area contributed by atoms with Crippen LogP contribution in [0.1, 0.15) is 48.9 Å². The molecule has 0 aliphatic carbocycles. The summed E-state index contributed by atoms with van der Waals surface area (Å²) in [6, 6.07) is 11.0. The average Bonchev–Trinajstić information content (AvgIpc) is 2.70.